The molecule has 0 bridgehead atoms. The van der Waals surface area contributed by atoms with Crippen molar-refractivity contribution >= 4 is 56.8 Å². The number of anilines is 1. The van der Waals surface area contributed by atoms with E-state index >= 15 is 0 Å². The van der Waals surface area contributed by atoms with Crippen molar-refractivity contribution in [3.63, 3.8) is 0 Å². The van der Waals surface area contributed by atoms with Crippen LogP contribution in [0.2, 0.25) is 5.02 Å². The fourth-order valence-electron chi connectivity index (χ4n) is 3.79. The van der Waals surface area contributed by atoms with E-state index in [1.165, 1.54) is 29.2 Å². The topological polar surface area (TPSA) is 90.0 Å². The SMILES string of the molecule is Cc1c(Cl)cccc1N1C[C@@H](C(=O)OCC(=O)c2ccc(OC(=O)c3ccc(Br)cc3)cc2)CC1=O. The molecule has 7 nitrogen and oxygen atoms in total. The second-order valence-corrected chi connectivity index (χ2v) is 9.56. The minimum Gasteiger partial charge on any atom is -0.457 e. The van der Waals surface area contributed by atoms with E-state index in [0.717, 1.165) is 10.0 Å². The quantitative estimate of drug-likeness (QED) is 0.214. The van der Waals surface area contributed by atoms with Gasteiger partial charge in [-0.3, -0.25) is 14.4 Å². The maximum absolute atomic E-state index is 12.5. The number of hydrogen-bond acceptors (Lipinski definition) is 6. The fourth-order valence-corrected chi connectivity index (χ4v) is 4.22. The van der Waals surface area contributed by atoms with Gasteiger partial charge in [0, 0.05) is 33.7 Å². The summed E-state index contributed by atoms with van der Waals surface area (Å²) < 4.78 is 11.4. The Labute approximate surface area is 221 Å². The van der Waals surface area contributed by atoms with E-state index in [4.69, 9.17) is 21.1 Å². The number of ketones is 1. The fraction of sp³-hybridized carbons (Fsp3) is 0.185. The second kappa shape index (κ2) is 11.1. The van der Waals surface area contributed by atoms with Gasteiger partial charge in [0.25, 0.3) is 0 Å². The lowest BCUT2D eigenvalue weighted by molar-refractivity contribution is -0.147. The third-order valence-corrected chi connectivity index (χ3v) is 6.74. The summed E-state index contributed by atoms with van der Waals surface area (Å²) in [6, 6.07) is 17.9. The predicted molar refractivity (Wildman–Crippen MR) is 137 cm³/mol. The summed E-state index contributed by atoms with van der Waals surface area (Å²) in [5, 5.41) is 0.533. The van der Waals surface area contributed by atoms with E-state index in [-0.39, 0.29) is 24.6 Å². The van der Waals surface area contributed by atoms with E-state index < -0.39 is 30.2 Å². The Hall–Kier alpha value is -3.49. The van der Waals surface area contributed by atoms with Crippen molar-refractivity contribution in [1.82, 2.24) is 0 Å². The summed E-state index contributed by atoms with van der Waals surface area (Å²) in [5.41, 5.74) is 2.09. The predicted octanol–water partition coefficient (Wildman–Crippen LogP) is 5.41. The van der Waals surface area contributed by atoms with Crippen LogP contribution in [0.4, 0.5) is 5.69 Å². The van der Waals surface area contributed by atoms with Crippen molar-refractivity contribution in [3.8, 4) is 5.75 Å². The molecule has 1 aliphatic heterocycles. The van der Waals surface area contributed by atoms with Crippen LogP contribution in [0.15, 0.2) is 71.2 Å². The maximum atomic E-state index is 12.5. The van der Waals surface area contributed by atoms with Gasteiger partial charge in [-0.1, -0.05) is 33.6 Å². The van der Waals surface area contributed by atoms with Crippen LogP contribution in [0.5, 0.6) is 5.75 Å². The highest BCUT2D eigenvalue weighted by molar-refractivity contribution is 9.10. The number of benzene rings is 3. The van der Waals surface area contributed by atoms with E-state index in [1.54, 1.807) is 42.5 Å². The lowest BCUT2D eigenvalue weighted by Gasteiger charge is -2.19. The largest absolute Gasteiger partial charge is 0.457 e. The third kappa shape index (κ3) is 5.83. The number of carbonyl (C=O) groups excluding carboxylic acids is 4. The average molecular weight is 571 g/mol. The molecule has 0 spiro atoms. The monoisotopic (exact) mass is 569 g/mol. The molecule has 0 saturated carbocycles. The zero-order chi connectivity index (χ0) is 25.8. The molecule has 1 heterocycles. The highest BCUT2D eigenvalue weighted by Crippen LogP contribution is 2.31. The standard InChI is InChI=1S/C27H21BrClNO6/c1-16-22(29)3-2-4-23(16)30-14-19(13-25(30)32)26(33)35-15-24(31)17-7-11-21(12-8-17)36-27(34)18-5-9-20(28)10-6-18/h2-12,19H,13-15H2,1H3/t19-/m0/s1. The van der Waals surface area contributed by atoms with Crippen LogP contribution in [-0.4, -0.2) is 36.8 Å². The number of rotatable bonds is 7. The zero-order valence-corrected chi connectivity index (χ0v) is 21.5. The number of amides is 1. The molecule has 3 aromatic carbocycles. The van der Waals surface area contributed by atoms with Gasteiger partial charge in [0.1, 0.15) is 5.75 Å². The Morgan fingerprint density at radius 3 is 2.36 bits per heavy atom. The third-order valence-electron chi connectivity index (χ3n) is 5.80. The van der Waals surface area contributed by atoms with Crippen molar-refractivity contribution in [2.45, 2.75) is 13.3 Å². The highest BCUT2D eigenvalue weighted by atomic mass is 79.9. The number of carbonyl (C=O) groups is 4. The van der Waals surface area contributed by atoms with E-state index in [9.17, 15) is 19.2 Å². The molecule has 0 radical (unpaired) electrons. The van der Waals surface area contributed by atoms with Gasteiger partial charge in [0.15, 0.2) is 12.4 Å². The molecular weight excluding hydrogens is 550 g/mol. The second-order valence-electron chi connectivity index (χ2n) is 8.24. The number of Topliss-reactive ketones (excluding diaryl/α,β-unsaturated/α-hetero) is 1. The van der Waals surface area contributed by atoms with Crippen LogP contribution in [0.25, 0.3) is 0 Å². The number of esters is 2. The molecule has 1 saturated heterocycles. The molecule has 9 heteroatoms. The van der Waals surface area contributed by atoms with Crippen LogP contribution in [0.3, 0.4) is 0 Å². The van der Waals surface area contributed by atoms with Gasteiger partial charge in [-0.05, 0) is 73.2 Å². The zero-order valence-electron chi connectivity index (χ0n) is 19.2. The molecule has 1 fully saturated rings. The normalized spacial score (nSPS) is 15.0. The maximum Gasteiger partial charge on any atom is 0.343 e. The van der Waals surface area contributed by atoms with Crippen LogP contribution < -0.4 is 9.64 Å². The first-order valence-corrected chi connectivity index (χ1v) is 12.2. The molecule has 184 valence electrons. The Bertz CT molecular complexity index is 1320. The van der Waals surface area contributed by atoms with Crippen molar-refractivity contribution in [1.29, 1.82) is 0 Å². The van der Waals surface area contributed by atoms with Gasteiger partial charge in [-0.2, -0.15) is 0 Å². The lowest BCUT2D eigenvalue weighted by atomic mass is 10.1. The molecule has 0 aromatic heterocycles. The van der Waals surface area contributed by atoms with Gasteiger partial charge < -0.3 is 14.4 Å². The van der Waals surface area contributed by atoms with Crippen LogP contribution in [0.1, 0.15) is 32.7 Å². The number of hydrogen-bond donors (Lipinski definition) is 0. The first-order valence-electron chi connectivity index (χ1n) is 11.1. The Morgan fingerprint density at radius 1 is 1.00 bits per heavy atom. The summed E-state index contributed by atoms with van der Waals surface area (Å²) in [5.74, 6) is -2.16. The van der Waals surface area contributed by atoms with Crippen molar-refractivity contribution < 1.29 is 28.7 Å². The smallest absolute Gasteiger partial charge is 0.343 e. The molecule has 0 aliphatic carbocycles. The van der Waals surface area contributed by atoms with E-state index in [1.807, 2.05) is 6.92 Å². The van der Waals surface area contributed by atoms with Gasteiger partial charge in [0.2, 0.25) is 5.91 Å². The van der Waals surface area contributed by atoms with E-state index in [0.29, 0.717) is 21.8 Å². The lowest BCUT2D eigenvalue weighted by Crippen LogP contribution is -2.27. The first-order chi connectivity index (χ1) is 17.2. The molecule has 1 atom stereocenters. The number of halogens is 2. The van der Waals surface area contributed by atoms with Crippen LogP contribution in [0, 0.1) is 12.8 Å². The average Bonchev–Trinajstić information content (AvgIpc) is 3.26. The minimum absolute atomic E-state index is 0.00257. The minimum atomic E-state index is -0.677. The van der Waals surface area contributed by atoms with Crippen LogP contribution >= 0.6 is 27.5 Å². The molecule has 3 aromatic rings. The molecule has 36 heavy (non-hydrogen) atoms. The first kappa shape index (κ1) is 25.6. The molecule has 1 amide bonds. The van der Waals surface area contributed by atoms with Crippen molar-refractivity contribution in [2.75, 3.05) is 18.1 Å². The van der Waals surface area contributed by atoms with Crippen LogP contribution in [-0.2, 0) is 14.3 Å². The summed E-state index contributed by atoms with van der Waals surface area (Å²) in [6.07, 6.45) is -0.00257. The molecular formula is C27H21BrClNO6. The van der Waals surface area contributed by atoms with Gasteiger partial charge in [-0.15, -0.1) is 0 Å². The summed E-state index contributed by atoms with van der Waals surface area (Å²) >= 11 is 9.46. The molecule has 0 N–H and O–H groups in total. The Kier molecular flexibility index (Phi) is 7.86. The molecule has 0 unspecified atom stereocenters. The summed E-state index contributed by atoms with van der Waals surface area (Å²) in [4.78, 5) is 51.3. The number of nitrogens with zero attached hydrogens (tertiary/aromatic N) is 1. The highest BCUT2D eigenvalue weighted by Gasteiger charge is 2.37. The van der Waals surface area contributed by atoms with Crippen molar-refractivity contribution in [2.24, 2.45) is 5.92 Å². The number of ether oxygens (including phenoxy) is 2. The van der Waals surface area contributed by atoms with Gasteiger partial charge in [-0.25, -0.2) is 4.79 Å². The summed E-state index contributed by atoms with van der Waals surface area (Å²) in [6.45, 7) is 1.51. The van der Waals surface area contributed by atoms with Gasteiger partial charge >= 0.3 is 11.9 Å². The van der Waals surface area contributed by atoms with Crippen molar-refractivity contribution in [3.05, 3.63) is 92.9 Å². The van der Waals surface area contributed by atoms with Gasteiger partial charge in [0.05, 0.1) is 11.5 Å². The summed E-state index contributed by atoms with van der Waals surface area (Å²) in [7, 11) is 0. The molecule has 4 rings (SSSR count). The Morgan fingerprint density at radius 2 is 1.67 bits per heavy atom. The Balaban J connectivity index is 1.30. The molecule has 1 aliphatic rings. The van der Waals surface area contributed by atoms with E-state index in [2.05, 4.69) is 15.9 Å².